The molecule has 4 heteroatoms. The SMILES string of the molecule is OCC(Cc1cc(F)ccc1F)c1ccccc1F. The summed E-state index contributed by atoms with van der Waals surface area (Å²) in [5, 5.41) is 9.34. The van der Waals surface area contributed by atoms with E-state index in [1.165, 1.54) is 18.2 Å². The van der Waals surface area contributed by atoms with E-state index < -0.39 is 23.4 Å². The molecular formula is C15H13F3O. The van der Waals surface area contributed by atoms with Crippen LogP contribution in [0.25, 0.3) is 0 Å². The van der Waals surface area contributed by atoms with Gasteiger partial charge in [-0.15, -0.1) is 0 Å². The van der Waals surface area contributed by atoms with Gasteiger partial charge in [0.25, 0.3) is 0 Å². The Kier molecular flexibility index (Phi) is 4.22. The molecular weight excluding hydrogens is 253 g/mol. The first kappa shape index (κ1) is 13.6. The van der Waals surface area contributed by atoms with Gasteiger partial charge in [0.1, 0.15) is 17.5 Å². The van der Waals surface area contributed by atoms with Crippen molar-refractivity contribution in [3.63, 3.8) is 0 Å². The number of rotatable bonds is 4. The van der Waals surface area contributed by atoms with Crippen LogP contribution in [0.2, 0.25) is 0 Å². The van der Waals surface area contributed by atoms with Gasteiger partial charge in [-0.3, -0.25) is 0 Å². The first-order valence-electron chi connectivity index (χ1n) is 5.91. The third-order valence-electron chi connectivity index (χ3n) is 3.04. The summed E-state index contributed by atoms with van der Waals surface area (Å²) in [6, 6.07) is 9.11. The van der Waals surface area contributed by atoms with Crippen molar-refractivity contribution in [2.24, 2.45) is 0 Å². The number of benzene rings is 2. The molecule has 2 rings (SSSR count). The molecule has 0 aliphatic rings. The first-order chi connectivity index (χ1) is 9.11. The van der Waals surface area contributed by atoms with Crippen LogP contribution in [-0.4, -0.2) is 11.7 Å². The van der Waals surface area contributed by atoms with E-state index in [1.54, 1.807) is 6.07 Å². The van der Waals surface area contributed by atoms with Crippen molar-refractivity contribution in [1.82, 2.24) is 0 Å². The largest absolute Gasteiger partial charge is 0.396 e. The highest BCUT2D eigenvalue weighted by Gasteiger charge is 2.17. The highest BCUT2D eigenvalue weighted by atomic mass is 19.1. The Morgan fingerprint density at radius 1 is 0.947 bits per heavy atom. The van der Waals surface area contributed by atoms with Gasteiger partial charge in [0.2, 0.25) is 0 Å². The van der Waals surface area contributed by atoms with E-state index in [4.69, 9.17) is 0 Å². The molecule has 0 saturated carbocycles. The van der Waals surface area contributed by atoms with Crippen molar-refractivity contribution in [3.05, 3.63) is 71.0 Å². The van der Waals surface area contributed by atoms with E-state index in [0.717, 1.165) is 18.2 Å². The Labute approximate surface area is 109 Å². The highest BCUT2D eigenvalue weighted by molar-refractivity contribution is 5.26. The minimum atomic E-state index is -0.600. The van der Waals surface area contributed by atoms with Gasteiger partial charge in [-0.05, 0) is 41.8 Å². The number of hydrogen-bond donors (Lipinski definition) is 1. The van der Waals surface area contributed by atoms with Crippen LogP contribution in [0.3, 0.4) is 0 Å². The maximum absolute atomic E-state index is 13.6. The van der Waals surface area contributed by atoms with Gasteiger partial charge in [-0.25, -0.2) is 13.2 Å². The molecule has 0 aliphatic carbocycles. The number of aliphatic hydroxyl groups excluding tert-OH is 1. The molecule has 1 nitrogen and oxygen atoms in total. The van der Waals surface area contributed by atoms with Gasteiger partial charge >= 0.3 is 0 Å². The molecule has 1 N–H and O–H groups in total. The molecule has 0 spiro atoms. The molecule has 0 saturated heterocycles. The summed E-state index contributed by atoms with van der Waals surface area (Å²) in [6.07, 6.45) is 0.0427. The molecule has 1 atom stereocenters. The third kappa shape index (κ3) is 3.15. The van der Waals surface area contributed by atoms with Crippen LogP contribution in [-0.2, 0) is 6.42 Å². The average Bonchev–Trinajstić information content (AvgIpc) is 2.41. The standard InChI is InChI=1S/C15H13F3O/c16-12-5-6-14(17)10(8-12)7-11(9-19)13-3-1-2-4-15(13)18/h1-6,8,11,19H,7,9H2. The Hall–Kier alpha value is -1.81. The lowest BCUT2D eigenvalue weighted by atomic mass is 9.92. The molecule has 1 unspecified atom stereocenters. The van der Waals surface area contributed by atoms with Gasteiger partial charge < -0.3 is 5.11 Å². The second-order valence-corrected chi connectivity index (χ2v) is 4.34. The predicted molar refractivity (Wildman–Crippen MR) is 66.3 cm³/mol. The van der Waals surface area contributed by atoms with Crippen LogP contribution in [0.1, 0.15) is 17.0 Å². The lowest BCUT2D eigenvalue weighted by Crippen LogP contribution is -2.11. The normalized spacial score (nSPS) is 12.4. The van der Waals surface area contributed by atoms with E-state index in [-0.39, 0.29) is 18.6 Å². The molecule has 2 aromatic carbocycles. The van der Waals surface area contributed by atoms with Gasteiger partial charge in [0.15, 0.2) is 0 Å². The summed E-state index contributed by atoms with van der Waals surface area (Å²) in [5.41, 5.74) is 0.427. The molecule has 0 bridgehead atoms. The lowest BCUT2D eigenvalue weighted by Gasteiger charge is -2.16. The minimum Gasteiger partial charge on any atom is -0.396 e. The molecule has 0 aromatic heterocycles. The van der Waals surface area contributed by atoms with E-state index >= 15 is 0 Å². The van der Waals surface area contributed by atoms with Crippen molar-refractivity contribution in [3.8, 4) is 0 Å². The topological polar surface area (TPSA) is 20.2 Å². The number of hydrogen-bond acceptors (Lipinski definition) is 1. The van der Waals surface area contributed by atoms with Crippen molar-refractivity contribution in [2.75, 3.05) is 6.61 Å². The average molecular weight is 266 g/mol. The summed E-state index contributed by atoms with van der Waals surface area (Å²) < 4.78 is 40.3. The van der Waals surface area contributed by atoms with Crippen LogP contribution in [0.5, 0.6) is 0 Å². The van der Waals surface area contributed by atoms with Crippen LogP contribution in [0, 0.1) is 17.5 Å². The quantitative estimate of drug-likeness (QED) is 0.899. The molecule has 0 radical (unpaired) electrons. The van der Waals surface area contributed by atoms with Crippen molar-refractivity contribution in [1.29, 1.82) is 0 Å². The fraction of sp³-hybridized carbons (Fsp3) is 0.200. The maximum Gasteiger partial charge on any atom is 0.126 e. The zero-order valence-corrected chi connectivity index (χ0v) is 10.1. The summed E-state index contributed by atoms with van der Waals surface area (Å²) in [6.45, 7) is -0.336. The fourth-order valence-electron chi connectivity index (χ4n) is 2.04. The number of aliphatic hydroxyl groups is 1. The van der Waals surface area contributed by atoms with E-state index in [2.05, 4.69) is 0 Å². The maximum atomic E-state index is 13.6. The van der Waals surface area contributed by atoms with Crippen molar-refractivity contribution >= 4 is 0 Å². The molecule has 19 heavy (non-hydrogen) atoms. The van der Waals surface area contributed by atoms with E-state index in [9.17, 15) is 18.3 Å². The van der Waals surface area contributed by atoms with Gasteiger partial charge in [0, 0.05) is 5.92 Å². The zero-order chi connectivity index (χ0) is 13.8. The summed E-state index contributed by atoms with van der Waals surface area (Å²) >= 11 is 0. The predicted octanol–water partition coefficient (Wildman–Crippen LogP) is 3.42. The fourth-order valence-corrected chi connectivity index (χ4v) is 2.04. The van der Waals surface area contributed by atoms with Crippen LogP contribution >= 0.6 is 0 Å². The van der Waals surface area contributed by atoms with Gasteiger partial charge in [-0.2, -0.15) is 0 Å². The molecule has 0 heterocycles. The Morgan fingerprint density at radius 3 is 2.37 bits per heavy atom. The van der Waals surface area contributed by atoms with Gasteiger partial charge in [-0.1, -0.05) is 18.2 Å². The zero-order valence-electron chi connectivity index (χ0n) is 10.1. The Balaban J connectivity index is 2.29. The van der Waals surface area contributed by atoms with Gasteiger partial charge in [0.05, 0.1) is 6.61 Å². The van der Waals surface area contributed by atoms with Crippen LogP contribution < -0.4 is 0 Å². The molecule has 0 aliphatic heterocycles. The second-order valence-electron chi connectivity index (χ2n) is 4.34. The lowest BCUT2D eigenvalue weighted by molar-refractivity contribution is 0.261. The van der Waals surface area contributed by atoms with Crippen molar-refractivity contribution < 1.29 is 18.3 Å². The molecule has 0 fully saturated rings. The van der Waals surface area contributed by atoms with Crippen LogP contribution in [0.15, 0.2) is 42.5 Å². The summed E-state index contributed by atoms with van der Waals surface area (Å²) in [5.74, 6) is -2.17. The second kappa shape index (κ2) is 5.89. The summed E-state index contributed by atoms with van der Waals surface area (Å²) in [7, 11) is 0. The Morgan fingerprint density at radius 2 is 1.68 bits per heavy atom. The monoisotopic (exact) mass is 266 g/mol. The van der Waals surface area contributed by atoms with Crippen LogP contribution in [0.4, 0.5) is 13.2 Å². The Bertz CT molecular complexity index is 569. The first-order valence-corrected chi connectivity index (χ1v) is 5.91. The van der Waals surface area contributed by atoms with E-state index in [1.807, 2.05) is 0 Å². The smallest absolute Gasteiger partial charge is 0.126 e. The number of halogens is 3. The molecule has 100 valence electrons. The van der Waals surface area contributed by atoms with Crippen molar-refractivity contribution in [2.45, 2.75) is 12.3 Å². The van der Waals surface area contributed by atoms with E-state index in [0.29, 0.717) is 5.56 Å². The third-order valence-corrected chi connectivity index (χ3v) is 3.04. The molecule has 0 amide bonds. The summed E-state index contributed by atoms with van der Waals surface area (Å²) in [4.78, 5) is 0. The molecule has 2 aromatic rings. The highest BCUT2D eigenvalue weighted by Crippen LogP contribution is 2.24. The minimum absolute atomic E-state index is 0.0427.